The standard InChI is InChI=1S/C18H20O2/c1-2-14-6-5-7-16(12-14)20-13-15-10-11-19-18-9-4-3-8-17(15)18/h3-9,12,15H,2,10-11,13H2,1H3. The van der Waals surface area contributed by atoms with Crippen LogP contribution in [0.25, 0.3) is 0 Å². The summed E-state index contributed by atoms with van der Waals surface area (Å²) < 4.78 is 11.7. The summed E-state index contributed by atoms with van der Waals surface area (Å²) in [5.41, 5.74) is 2.58. The van der Waals surface area contributed by atoms with E-state index in [9.17, 15) is 0 Å². The Bertz CT molecular complexity index is 577. The predicted octanol–water partition coefficient (Wildman–Crippen LogP) is 4.19. The van der Waals surface area contributed by atoms with E-state index in [2.05, 4.69) is 37.3 Å². The Morgan fingerprint density at radius 1 is 1.15 bits per heavy atom. The van der Waals surface area contributed by atoms with Gasteiger partial charge in [0.2, 0.25) is 0 Å². The number of hydrogen-bond donors (Lipinski definition) is 0. The Labute approximate surface area is 120 Å². The summed E-state index contributed by atoms with van der Waals surface area (Å²) in [6, 6.07) is 16.6. The molecule has 0 saturated heterocycles. The van der Waals surface area contributed by atoms with Gasteiger partial charge in [-0.05, 0) is 36.6 Å². The minimum absolute atomic E-state index is 0.422. The van der Waals surface area contributed by atoms with Gasteiger partial charge in [0.1, 0.15) is 11.5 Å². The molecule has 1 heterocycles. The van der Waals surface area contributed by atoms with Crippen LogP contribution in [0.4, 0.5) is 0 Å². The lowest BCUT2D eigenvalue weighted by Gasteiger charge is -2.25. The zero-order chi connectivity index (χ0) is 13.8. The van der Waals surface area contributed by atoms with E-state index in [1.54, 1.807) is 0 Å². The van der Waals surface area contributed by atoms with Gasteiger partial charge in [-0.3, -0.25) is 0 Å². The molecule has 1 aliphatic rings. The molecule has 20 heavy (non-hydrogen) atoms. The van der Waals surface area contributed by atoms with E-state index in [1.807, 2.05) is 18.2 Å². The Morgan fingerprint density at radius 3 is 2.95 bits per heavy atom. The van der Waals surface area contributed by atoms with Crippen LogP contribution in [-0.2, 0) is 6.42 Å². The van der Waals surface area contributed by atoms with Crippen molar-refractivity contribution in [1.29, 1.82) is 0 Å². The normalized spacial score (nSPS) is 17.1. The third-order valence-electron chi connectivity index (χ3n) is 3.84. The van der Waals surface area contributed by atoms with Crippen LogP contribution in [0.3, 0.4) is 0 Å². The third kappa shape index (κ3) is 2.79. The Balaban J connectivity index is 1.70. The molecule has 3 rings (SSSR count). The van der Waals surface area contributed by atoms with Gasteiger partial charge in [0.15, 0.2) is 0 Å². The molecule has 0 fully saturated rings. The minimum Gasteiger partial charge on any atom is -0.493 e. The number of aryl methyl sites for hydroxylation is 1. The molecule has 0 aromatic heterocycles. The molecule has 2 nitrogen and oxygen atoms in total. The van der Waals surface area contributed by atoms with Crippen LogP contribution in [0.15, 0.2) is 48.5 Å². The molecule has 0 saturated carbocycles. The summed E-state index contributed by atoms with van der Waals surface area (Å²) >= 11 is 0. The van der Waals surface area contributed by atoms with Crippen molar-refractivity contribution >= 4 is 0 Å². The minimum atomic E-state index is 0.422. The first kappa shape index (κ1) is 13.0. The largest absolute Gasteiger partial charge is 0.493 e. The molecule has 2 aromatic carbocycles. The molecule has 1 atom stereocenters. The summed E-state index contributed by atoms with van der Waals surface area (Å²) in [5, 5.41) is 0. The van der Waals surface area contributed by atoms with E-state index in [0.29, 0.717) is 12.5 Å². The second-order valence-corrected chi connectivity index (χ2v) is 5.18. The van der Waals surface area contributed by atoms with Gasteiger partial charge in [0, 0.05) is 11.5 Å². The molecule has 2 heteroatoms. The highest BCUT2D eigenvalue weighted by Gasteiger charge is 2.21. The van der Waals surface area contributed by atoms with Crippen LogP contribution < -0.4 is 9.47 Å². The zero-order valence-corrected chi connectivity index (χ0v) is 11.8. The number of para-hydroxylation sites is 1. The Hall–Kier alpha value is -1.96. The van der Waals surface area contributed by atoms with Crippen molar-refractivity contribution in [2.75, 3.05) is 13.2 Å². The van der Waals surface area contributed by atoms with Gasteiger partial charge in [-0.1, -0.05) is 37.3 Å². The maximum atomic E-state index is 5.99. The molecule has 0 amide bonds. The monoisotopic (exact) mass is 268 g/mol. The maximum absolute atomic E-state index is 5.99. The molecule has 0 spiro atoms. The Kier molecular flexibility index (Phi) is 3.91. The fourth-order valence-corrected chi connectivity index (χ4v) is 2.64. The van der Waals surface area contributed by atoms with Crippen molar-refractivity contribution in [3.05, 3.63) is 59.7 Å². The van der Waals surface area contributed by atoms with Crippen LogP contribution in [-0.4, -0.2) is 13.2 Å². The molecule has 0 radical (unpaired) electrons. The second-order valence-electron chi connectivity index (χ2n) is 5.18. The first-order chi connectivity index (χ1) is 9.86. The molecule has 1 aliphatic heterocycles. The van der Waals surface area contributed by atoms with Crippen molar-refractivity contribution in [2.45, 2.75) is 25.7 Å². The Morgan fingerprint density at radius 2 is 2.05 bits per heavy atom. The van der Waals surface area contributed by atoms with Crippen molar-refractivity contribution in [3.8, 4) is 11.5 Å². The highest BCUT2D eigenvalue weighted by atomic mass is 16.5. The quantitative estimate of drug-likeness (QED) is 0.827. The van der Waals surface area contributed by atoms with Crippen molar-refractivity contribution < 1.29 is 9.47 Å². The van der Waals surface area contributed by atoms with Gasteiger partial charge in [-0.15, -0.1) is 0 Å². The van der Waals surface area contributed by atoms with E-state index in [4.69, 9.17) is 9.47 Å². The lowest BCUT2D eigenvalue weighted by atomic mass is 9.94. The van der Waals surface area contributed by atoms with E-state index >= 15 is 0 Å². The number of fused-ring (bicyclic) bond motifs is 1. The third-order valence-corrected chi connectivity index (χ3v) is 3.84. The van der Waals surface area contributed by atoms with Crippen molar-refractivity contribution in [2.24, 2.45) is 0 Å². The van der Waals surface area contributed by atoms with Crippen LogP contribution in [0.2, 0.25) is 0 Å². The molecule has 1 unspecified atom stereocenters. The SMILES string of the molecule is CCc1cccc(OCC2CCOc3ccccc32)c1. The fourth-order valence-electron chi connectivity index (χ4n) is 2.64. The van der Waals surface area contributed by atoms with Gasteiger partial charge >= 0.3 is 0 Å². The van der Waals surface area contributed by atoms with E-state index < -0.39 is 0 Å². The van der Waals surface area contributed by atoms with Gasteiger partial charge < -0.3 is 9.47 Å². The fraction of sp³-hybridized carbons (Fsp3) is 0.333. The number of benzene rings is 2. The van der Waals surface area contributed by atoms with Crippen LogP contribution in [0.1, 0.15) is 30.4 Å². The van der Waals surface area contributed by atoms with E-state index in [0.717, 1.165) is 30.9 Å². The van der Waals surface area contributed by atoms with Gasteiger partial charge in [0.05, 0.1) is 13.2 Å². The number of hydrogen-bond acceptors (Lipinski definition) is 2. The van der Waals surface area contributed by atoms with Crippen molar-refractivity contribution in [1.82, 2.24) is 0 Å². The average molecular weight is 268 g/mol. The topological polar surface area (TPSA) is 18.5 Å². The summed E-state index contributed by atoms with van der Waals surface area (Å²) in [5.74, 6) is 2.40. The first-order valence-corrected chi connectivity index (χ1v) is 7.30. The number of ether oxygens (including phenoxy) is 2. The highest BCUT2D eigenvalue weighted by molar-refractivity contribution is 5.38. The first-order valence-electron chi connectivity index (χ1n) is 7.30. The predicted molar refractivity (Wildman–Crippen MR) is 80.6 cm³/mol. The lowest BCUT2D eigenvalue weighted by molar-refractivity contribution is 0.217. The summed E-state index contributed by atoms with van der Waals surface area (Å²) in [4.78, 5) is 0. The highest BCUT2D eigenvalue weighted by Crippen LogP contribution is 2.33. The van der Waals surface area contributed by atoms with Crippen LogP contribution >= 0.6 is 0 Å². The molecule has 104 valence electrons. The molecule has 0 aliphatic carbocycles. The van der Waals surface area contributed by atoms with E-state index in [1.165, 1.54) is 11.1 Å². The smallest absolute Gasteiger partial charge is 0.122 e. The summed E-state index contributed by atoms with van der Waals surface area (Å²) in [6.07, 6.45) is 2.06. The van der Waals surface area contributed by atoms with Gasteiger partial charge in [-0.25, -0.2) is 0 Å². The van der Waals surface area contributed by atoms with Crippen LogP contribution in [0, 0.1) is 0 Å². The molecular formula is C18H20O2. The van der Waals surface area contributed by atoms with E-state index in [-0.39, 0.29) is 0 Å². The van der Waals surface area contributed by atoms with Gasteiger partial charge in [-0.2, -0.15) is 0 Å². The average Bonchev–Trinajstić information content (AvgIpc) is 2.53. The zero-order valence-electron chi connectivity index (χ0n) is 11.8. The molecule has 0 N–H and O–H groups in total. The second kappa shape index (κ2) is 6.00. The molecule has 0 bridgehead atoms. The maximum Gasteiger partial charge on any atom is 0.122 e. The summed E-state index contributed by atoms with van der Waals surface area (Å²) in [7, 11) is 0. The molecule has 2 aromatic rings. The lowest BCUT2D eigenvalue weighted by Crippen LogP contribution is -2.19. The van der Waals surface area contributed by atoms with Crippen LogP contribution in [0.5, 0.6) is 11.5 Å². The molecular weight excluding hydrogens is 248 g/mol. The van der Waals surface area contributed by atoms with Gasteiger partial charge in [0.25, 0.3) is 0 Å². The summed E-state index contributed by atoms with van der Waals surface area (Å²) in [6.45, 7) is 3.65. The number of rotatable bonds is 4. The van der Waals surface area contributed by atoms with Crippen molar-refractivity contribution in [3.63, 3.8) is 0 Å².